The van der Waals surface area contributed by atoms with E-state index in [9.17, 15) is 4.79 Å². The zero-order chi connectivity index (χ0) is 23.6. The van der Waals surface area contributed by atoms with Crippen molar-refractivity contribution in [1.29, 1.82) is 0 Å². The molecule has 2 aromatic heterocycles. The van der Waals surface area contributed by atoms with Crippen LogP contribution in [0.5, 0.6) is 0 Å². The van der Waals surface area contributed by atoms with Gasteiger partial charge in [-0.05, 0) is 84.6 Å². The maximum Gasteiger partial charge on any atom is 0.322 e. The smallest absolute Gasteiger partial charge is 0.322 e. The number of hydrogen-bond donors (Lipinski definition) is 2. The van der Waals surface area contributed by atoms with Gasteiger partial charge in [0.25, 0.3) is 0 Å². The minimum absolute atomic E-state index is 0.0468. The van der Waals surface area contributed by atoms with Crippen LogP contribution in [-0.4, -0.2) is 27.5 Å². The molecule has 2 amide bonds. The quantitative estimate of drug-likeness (QED) is 0.364. The van der Waals surface area contributed by atoms with Crippen molar-refractivity contribution in [3.63, 3.8) is 0 Å². The van der Waals surface area contributed by atoms with Gasteiger partial charge >= 0.3 is 6.03 Å². The predicted molar refractivity (Wildman–Crippen MR) is 140 cm³/mol. The normalized spacial score (nSPS) is 35.6. The molecular formula is C29H27N5OS. The van der Waals surface area contributed by atoms with E-state index in [1.807, 2.05) is 34.4 Å². The molecule has 9 rings (SSSR count). The van der Waals surface area contributed by atoms with Gasteiger partial charge in [-0.15, -0.1) is 11.3 Å². The molecule has 1 spiro atoms. The summed E-state index contributed by atoms with van der Waals surface area (Å²) in [5, 5.41) is 4.44. The number of fused-ring (bicyclic) bond motifs is 2. The summed E-state index contributed by atoms with van der Waals surface area (Å²) in [6.45, 7) is 0.593. The highest BCUT2D eigenvalue weighted by Crippen LogP contribution is 2.86. The van der Waals surface area contributed by atoms with Gasteiger partial charge in [-0.25, -0.2) is 14.8 Å². The van der Waals surface area contributed by atoms with Crippen molar-refractivity contribution >= 4 is 34.1 Å². The number of anilines is 1. The molecule has 3 heterocycles. The van der Waals surface area contributed by atoms with E-state index in [1.54, 1.807) is 6.33 Å². The van der Waals surface area contributed by atoms with Crippen molar-refractivity contribution < 1.29 is 4.79 Å². The van der Waals surface area contributed by atoms with Crippen molar-refractivity contribution in [3.05, 3.63) is 65.6 Å². The minimum atomic E-state index is -0.0661. The maximum atomic E-state index is 12.8. The van der Waals surface area contributed by atoms with E-state index < -0.39 is 0 Å². The number of nitrogens with zero attached hydrogens (tertiary/aromatic N) is 3. The third kappa shape index (κ3) is 2.27. The van der Waals surface area contributed by atoms with E-state index >= 15 is 0 Å². The van der Waals surface area contributed by atoms with Gasteiger partial charge in [0.1, 0.15) is 0 Å². The van der Waals surface area contributed by atoms with Crippen LogP contribution >= 0.6 is 11.3 Å². The summed E-state index contributed by atoms with van der Waals surface area (Å²) in [5.74, 6) is 2.93. The van der Waals surface area contributed by atoms with Crippen LogP contribution in [-0.2, 0) is 5.41 Å². The Morgan fingerprint density at radius 2 is 1.92 bits per heavy atom. The molecule has 6 nitrogen and oxygen atoms in total. The van der Waals surface area contributed by atoms with Crippen LogP contribution in [0.4, 0.5) is 10.5 Å². The number of hydrogen-bond acceptors (Lipinski definition) is 4. The third-order valence-electron chi connectivity index (χ3n) is 10.5. The fourth-order valence-electron chi connectivity index (χ4n) is 9.19. The van der Waals surface area contributed by atoms with Gasteiger partial charge < -0.3 is 10.3 Å². The third-order valence-corrected chi connectivity index (χ3v) is 11.8. The Kier molecular flexibility index (Phi) is 3.64. The van der Waals surface area contributed by atoms with Gasteiger partial charge in [-0.3, -0.25) is 4.90 Å². The van der Waals surface area contributed by atoms with Crippen molar-refractivity contribution in [2.75, 3.05) is 11.4 Å². The number of aromatic nitrogens is 3. The lowest BCUT2D eigenvalue weighted by atomic mass is 9.32. The summed E-state index contributed by atoms with van der Waals surface area (Å²) < 4.78 is 0. The molecule has 7 heteroatoms. The monoisotopic (exact) mass is 493 g/mol. The Bertz CT molecular complexity index is 1560. The Hall–Kier alpha value is -3.19. The molecule has 2 bridgehead atoms. The molecule has 6 atom stereocenters. The lowest BCUT2D eigenvalue weighted by Crippen LogP contribution is -2.68. The molecule has 4 aromatic rings. The van der Waals surface area contributed by atoms with Crippen LogP contribution in [0.1, 0.15) is 48.7 Å². The number of carbonyl (C=O) groups is 1. The van der Waals surface area contributed by atoms with Crippen LogP contribution in [0.2, 0.25) is 0 Å². The number of urea groups is 1. The summed E-state index contributed by atoms with van der Waals surface area (Å²) >= 11 is 1.93. The predicted octanol–water partition coefficient (Wildman–Crippen LogP) is 6.04. The highest BCUT2D eigenvalue weighted by molar-refractivity contribution is 7.15. The van der Waals surface area contributed by atoms with Crippen LogP contribution in [0.3, 0.4) is 0 Å². The summed E-state index contributed by atoms with van der Waals surface area (Å²) in [6, 6.07) is 14.6. The molecule has 4 aliphatic carbocycles. The van der Waals surface area contributed by atoms with Gasteiger partial charge in [0, 0.05) is 23.8 Å². The highest BCUT2D eigenvalue weighted by Gasteiger charge is 2.81. The molecule has 180 valence electrons. The molecule has 6 unspecified atom stereocenters. The maximum absolute atomic E-state index is 12.8. The van der Waals surface area contributed by atoms with E-state index in [0.717, 1.165) is 40.0 Å². The summed E-state index contributed by atoms with van der Waals surface area (Å²) in [4.78, 5) is 28.4. The first-order chi connectivity index (χ1) is 17.6. The molecule has 1 aliphatic heterocycles. The number of thiazole rings is 1. The Morgan fingerprint density at radius 3 is 2.78 bits per heavy atom. The van der Waals surface area contributed by atoms with E-state index in [-0.39, 0.29) is 12.1 Å². The van der Waals surface area contributed by atoms with E-state index in [2.05, 4.69) is 45.7 Å². The molecule has 4 saturated carbocycles. The van der Waals surface area contributed by atoms with Crippen LogP contribution < -0.4 is 10.2 Å². The largest absolute Gasteiger partial charge is 0.345 e. The molecule has 5 aliphatic rings. The first-order valence-corrected chi connectivity index (χ1v) is 14.0. The Balaban J connectivity index is 1.01. The average Bonchev–Trinajstić information content (AvgIpc) is 3.69. The van der Waals surface area contributed by atoms with Gasteiger partial charge in [0.15, 0.2) is 0 Å². The lowest BCUT2D eigenvalue weighted by Gasteiger charge is -2.72. The standard InChI is InChI=1S/C29H27N5OS/c35-27-31-13-24(34(27)21-5-6-22-23(9-21)33-15-32-22)17-1-3-18(4-2-17)25-14-30-26(36-25)28-10-16-7-19-8-20(12-28)29(19,28)11-16/h1-6,9,14-16,19-20,24H,7-8,10-13H2,(H,31,35)(H,32,33). The molecule has 2 aromatic carbocycles. The molecular weight excluding hydrogens is 466 g/mol. The van der Waals surface area contributed by atoms with Gasteiger partial charge in [-0.2, -0.15) is 0 Å². The van der Waals surface area contributed by atoms with Crippen molar-refractivity contribution in [3.8, 4) is 10.4 Å². The number of carbonyl (C=O) groups excluding carboxylic acids is 1. The van der Waals surface area contributed by atoms with Gasteiger partial charge in [-0.1, -0.05) is 24.3 Å². The Morgan fingerprint density at radius 1 is 1.00 bits per heavy atom. The fraction of sp³-hybridized carbons (Fsp3) is 0.414. The lowest BCUT2D eigenvalue weighted by molar-refractivity contribution is -0.198. The molecule has 0 radical (unpaired) electrons. The molecule has 36 heavy (non-hydrogen) atoms. The number of H-pyrrole nitrogens is 1. The number of benzene rings is 2. The van der Waals surface area contributed by atoms with Crippen molar-refractivity contribution in [2.45, 2.75) is 43.6 Å². The molecule has 5 fully saturated rings. The SMILES string of the molecule is O=C1NCC(c2ccc(-c3cnc(C45CC6CC7CC(C4)C75C6)s3)cc2)N1c1ccc2[nH]cnc2c1. The molecule has 1 saturated heterocycles. The number of rotatable bonds is 4. The number of nitrogens with one attached hydrogen (secondary N) is 2. The zero-order valence-electron chi connectivity index (χ0n) is 19.9. The van der Waals surface area contributed by atoms with E-state index in [4.69, 9.17) is 4.98 Å². The number of imidazole rings is 1. The topological polar surface area (TPSA) is 73.9 Å². The van der Waals surface area contributed by atoms with Gasteiger partial charge in [0.05, 0.1) is 33.3 Å². The van der Waals surface area contributed by atoms with E-state index in [0.29, 0.717) is 17.4 Å². The second kappa shape index (κ2) is 6.57. The molecule has 2 N–H and O–H groups in total. The highest BCUT2D eigenvalue weighted by atomic mass is 32.1. The Labute approximate surface area is 213 Å². The first kappa shape index (κ1) is 19.9. The average molecular weight is 494 g/mol. The number of amides is 2. The zero-order valence-corrected chi connectivity index (χ0v) is 20.7. The van der Waals surface area contributed by atoms with Crippen molar-refractivity contribution in [1.82, 2.24) is 20.3 Å². The second-order valence-electron chi connectivity index (χ2n) is 11.8. The summed E-state index contributed by atoms with van der Waals surface area (Å²) in [6.07, 6.45) is 11.0. The van der Waals surface area contributed by atoms with Crippen LogP contribution in [0.25, 0.3) is 21.5 Å². The van der Waals surface area contributed by atoms with Crippen LogP contribution in [0, 0.1) is 23.2 Å². The number of aromatic amines is 1. The van der Waals surface area contributed by atoms with E-state index in [1.165, 1.54) is 47.6 Å². The minimum Gasteiger partial charge on any atom is -0.345 e. The van der Waals surface area contributed by atoms with Crippen LogP contribution in [0.15, 0.2) is 55.0 Å². The first-order valence-electron chi connectivity index (χ1n) is 13.2. The fourth-order valence-corrected chi connectivity index (χ4v) is 10.4. The van der Waals surface area contributed by atoms with Gasteiger partial charge in [0.2, 0.25) is 0 Å². The summed E-state index contributed by atoms with van der Waals surface area (Å²) in [5.41, 5.74) is 6.08. The second-order valence-corrected chi connectivity index (χ2v) is 12.8. The van der Waals surface area contributed by atoms with Crippen molar-refractivity contribution in [2.24, 2.45) is 23.2 Å². The summed E-state index contributed by atoms with van der Waals surface area (Å²) in [7, 11) is 0.